The summed E-state index contributed by atoms with van der Waals surface area (Å²) in [5, 5.41) is 21.4. The van der Waals surface area contributed by atoms with Gasteiger partial charge in [0.05, 0.1) is 17.3 Å². The third-order valence-corrected chi connectivity index (χ3v) is 3.70. The van der Waals surface area contributed by atoms with Gasteiger partial charge >= 0.3 is 0 Å². The largest absolute Gasteiger partial charge is 0.489 e. The van der Waals surface area contributed by atoms with E-state index in [1.54, 1.807) is 6.07 Å². The molecule has 0 spiro atoms. The summed E-state index contributed by atoms with van der Waals surface area (Å²) in [4.78, 5) is 0. The van der Waals surface area contributed by atoms with Crippen molar-refractivity contribution in [2.75, 3.05) is 0 Å². The van der Waals surface area contributed by atoms with E-state index in [0.717, 1.165) is 35.3 Å². The smallest absolute Gasteiger partial charge is 0.123 e. The molecule has 0 radical (unpaired) electrons. The predicted molar refractivity (Wildman–Crippen MR) is 78.6 cm³/mol. The Morgan fingerprint density at radius 1 is 1.14 bits per heavy atom. The molecule has 4 nitrogen and oxygen atoms in total. The molecule has 0 aliphatic heterocycles. The fourth-order valence-electron chi connectivity index (χ4n) is 2.62. The average Bonchev–Trinajstić information content (AvgIpc) is 2.96. The molecule has 0 fully saturated rings. The third-order valence-electron chi connectivity index (χ3n) is 3.70. The minimum Gasteiger partial charge on any atom is -0.489 e. The SMILES string of the molecule is N#Cc1ccccc1COc1cccc2c1CCC2=NO. The number of nitriles is 1. The summed E-state index contributed by atoms with van der Waals surface area (Å²) < 4.78 is 5.88. The van der Waals surface area contributed by atoms with Gasteiger partial charge in [0.2, 0.25) is 0 Å². The highest BCUT2D eigenvalue weighted by atomic mass is 16.5. The van der Waals surface area contributed by atoms with E-state index in [1.165, 1.54) is 0 Å². The van der Waals surface area contributed by atoms with Gasteiger partial charge in [0.25, 0.3) is 0 Å². The predicted octanol–water partition coefficient (Wildman–Crippen LogP) is 3.26. The van der Waals surface area contributed by atoms with Crippen molar-refractivity contribution < 1.29 is 9.94 Å². The number of rotatable bonds is 3. The first-order chi connectivity index (χ1) is 10.3. The number of oxime groups is 1. The van der Waals surface area contributed by atoms with Crippen LogP contribution in [-0.4, -0.2) is 10.9 Å². The topological polar surface area (TPSA) is 65.6 Å². The minimum atomic E-state index is 0.353. The van der Waals surface area contributed by atoms with Crippen molar-refractivity contribution in [3.05, 3.63) is 64.7 Å². The van der Waals surface area contributed by atoms with Gasteiger partial charge in [-0.25, -0.2) is 0 Å². The summed E-state index contributed by atoms with van der Waals surface area (Å²) in [7, 11) is 0. The van der Waals surface area contributed by atoms with Crippen LogP contribution in [0.15, 0.2) is 47.6 Å². The van der Waals surface area contributed by atoms with Crippen LogP contribution < -0.4 is 4.74 Å². The van der Waals surface area contributed by atoms with E-state index >= 15 is 0 Å². The molecule has 0 bridgehead atoms. The molecule has 0 aromatic heterocycles. The lowest BCUT2D eigenvalue weighted by Crippen LogP contribution is -2.01. The van der Waals surface area contributed by atoms with Gasteiger partial charge in [-0.05, 0) is 25.0 Å². The number of benzene rings is 2. The van der Waals surface area contributed by atoms with Crippen LogP contribution in [0.1, 0.15) is 28.7 Å². The average molecular weight is 278 g/mol. The summed E-state index contributed by atoms with van der Waals surface area (Å²) in [6, 6.07) is 15.3. The highest BCUT2D eigenvalue weighted by Gasteiger charge is 2.21. The molecule has 0 amide bonds. The Bertz CT molecular complexity index is 745. The van der Waals surface area contributed by atoms with E-state index < -0.39 is 0 Å². The fraction of sp³-hybridized carbons (Fsp3) is 0.176. The molecule has 0 heterocycles. The Balaban J connectivity index is 1.84. The van der Waals surface area contributed by atoms with Crippen molar-refractivity contribution in [2.45, 2.75) is 19.4 Å². The van der Waals surface area contributed by atoms with Crippen LogP contribution in [0, 0.1) is 11.3 Å². The molecule has 1 aliphatic rings. The monoisotopic (exact) mass is 278 g/mol. The van der Waals surface area contributed by atoms with Crippen molar-refractivity contribution in [1.29, 1.82) is 5.26 Å². The summed E-state index contributed by atoms with van der Waals surface area (Å²) in [6.45, 7) is 0.353. The molecule has 1 aliphatic carbocycles. The van der Waals surface area contributed by atoms with Crippen molar-refractivity contribution in [1.82, 2.24) is 0 Å². The number of ether oxygens (including phenoxy) is 1. The Kier molecular flexibility index (Phi) is 3.57. The van der Waals surface area contributed by atoms with Crippen molar-refractivity contribution in [3.8, 4) is 11.8 Å². The maximum absolute atomic E-state index is 9.09. The van der Waals surface area contributed by atoms with Gasteiger partial charge in [-0.3, -0.25) is 0 Å². The lowest BCUT2D eigenvalue weighted by atomic mass is 10.1. The maximum Gasteiger partial charge on any atom is 0.123 e. The van der Waals surface area contributed by atoms with Crippen molar-refractivity contribution in [2.24, 2.45) is 5.16 Å². The van der Waals surface area contributed by atoms with Crippen LogP contribution in [0.2, 0.25) is 0 Å². The Morgan fingerprint density at radius 3 is 2.81 bits per heavy atom. The standard InChI is InChI=1S/C17H14N2O2/c18-10-12-4-1-2-5-13(12)11-21-17-7-3-6-14-15(17)8-9-16(14)19-20/h1-7,20H,8-9,11H2. The van der Waals surface area contributed by atoms with E-state index in [0.29, 0.717) is 17.9 Å². The molecule has 0 saturated carbocycles. The third kappa shape index (κ3) is 2.46. The summed E-state index contributed by atoms with van der Waals surface area (Å²) in [5.41, 5.74) is 4.21. The van der Waals surface area contributed by atoms with E-state index in [2.05, 4.69) is 11.2 Å². The molecule has 4 heteroatoms. The first-order valence-electron chi connectivity index (χ1n) is 6.77. The van der Waals surface area contributed by atoms with Crippen molar-refractivity contribution in [3.63, 3.8) is 0 Å². The van der Waals surface area contributed by atoms with Crippen LogP contribution in [-0.2, 0) is 13.0 Å². The zero-order valence-corrected chi connectivity index (χ0v) is 11.4. The molecule has 104 valence electrons. The second kappa shape index (κ2) is 5.68. The van der Waals surface area contributed by atoms with Gasteiger partial charge in [-0.1, -0.05) is 35.5 Å². The second-order valence-corrected chi connectivity index (χ2v) is 4.89. The van der Waals surface area contributed by atoms with E-state index in [1.807, 2.05) is 36.4 Å². The first-order valence-corrected chi connectivity index (χ1v) is 6.77. The lowest BCUT2D eigenvalue weighted by Gasteiger charge is -2.11. The maximum atomic E-state index is 9.09. The normalized spacial score (nSPS) is 14.7. The van der Waals surface area contributed by atoms with Gasteiger partial charge in [0.1, 0.15) is 12.4 Å². The summed E-state index contributed by atoms with van der Waals surface area (Å²) >= 11 is 0. The Hall–Kier alpha value is -2.80. The molecule has 2 aromatic carbocycles. The van der Waals surface area contributed by atoms with Gasteiger partial charge in [0, 0.05) is 16.7 Å². The summed E-state index contributed by atoms with van der Waals surface area (Å²) in [5.74, 6) is 0.791. The quantitative estimate of drug-likeness (QED) is 0.692. The molecule has 2 aromatic rings. The zero-order chi connectivity index (χ0) is 14.7. The zero-order valence-electron chi connectivity index (χ0n) is 11.4. The van der Waals surface area contributed by atoms with Gasteiger partial charge < -0.3 is 9.94 Å². The lowest BCUT2D eigenvalue weighted by molar-refractivity contribution is 0.303. The number of nitrogens with zero attached hydrogens (tertiary/aromatic N) is 2. The number of fused-ring (bicyclic) bond motifs is 1. The number of hydrogen-bond donors (Lipinski definition) is 1. The molecular weight excluding hydrogens is 264 g/mol. The molecule has 1 N–H and O–H groups in total. The molecular formula is C17H14N2O2. The van der Waals surface area contributed by atoms with Crippen LogP contribution in [0.25, 0.3) is 0 Å². The summed E-state index contributed by atoms with van der Waals surface area (Å²) in [6.07, 6.45) is 1.53. The van der Waals surface area contributed by atoms with Crippen LogP contribution >= 0.6 is 0 Å². The van der Waals surface area contributed by atoms with E-state index in [4.69, 9.17) is 15.2 Å². The second-order valence-electron chi connectivity index (χ2n) is 4.89. The minimum absolute atomic E-state index is 0.353. The van der Waals surface area contributed by atoms with Gasteiger partial charge in [-0.15, -0.1) is 0 Å². The fourth-order valence-corrected chi connectivity index (χ4v) is 2.62. The molecule has 21 heavy (non-hydrogen) atoms. The van der Waals surface area contributed by atoms with Crippen LogP contribution in [0.5, 0.6) is 5.75 Å². The van der Waals surface area contributed by atoms with Crippen LogP contribution in [0.4, 0.5) is 0 Å². The van der Waals surface area contributed by atoms with Gasteiger partial charge in [-0.2, -0.15) is 5.26 Å². The highest BCUT2D eigenvalue weighted by Crippen LogP contribution is 2.31. The van der Waals surface area contributed by atoms with Crippen molar-refractivity contribution >= 4 is 5.71 Å². The molecule has 0 atom stereocenters. The Morgan fingerprint density at radius 2 is 2.00 bits per heavy atom. The number of hydrogen-bond acceptors (Lipinski definition) is 4. The molecule has 0 unspecified atom stereocenters. The highest BCUT2D eigenvalue weighted by molar-refractivity contribution is 6.04. The molecule has 0 saturated heterocycles. The van der Waals surface area contributed by atoms with E-state index in [9.17, 15) is 0 Å². The van der Waals surface area contributed by atoms with E-state index in [-0.39, 0.29) is 0 Å². The van der Waals surface area contributed by atoms with Crippen LogP contribution in [0.3, 0.4) is 0 Å². The Labute approximate surface area is 122 Å². The molecule has 3 rings (SSSR count). The first kappa shape index (κ1) is 13.2. The van der Waals surface area contributed by atoms with Gasteiger partial charge in [0.15, 0.2) is 0 Å².